The van der Waals surface area contributed by atoms with Gasteiger partial charge in [0.1, 0.15) is 0 Å². The van der Waals surface area contributed by atoms with Crippen molar-refractivity contribution in [2.75, 3.05) is 26.1 Å². The molecule has 2 N–H and O–H groups in total. The number of nitrogens with zero attached hydrogens (tertiary/aromatic N) is 5. The van der Waals surface area contributed by atoms with Crippen LogP contribution in [0, 0.1) is 0 Å². The molecule has 0 amide bonds. The standard InChI is InChI=1S/C13H16N6O4/c1-3-22-12(20)8-23-10-5-4-9(6-11(10)21-2)7-15-19-13(14)16-17-18-19/h4-7H,3,8H2,1-2H3,(H2,14,16,18). The van der Waals surface area contributed by atoms with Gasteiger partial charge >= 0.3 is 5.97 Å². The number of hydrogen-bond acceptors (Lipinski definition) is 9. The van der Waals surface area contributed by atoms with E-state index in [1.165, 1.54) is 13.3 Å². The lowest BCUT2D eigenvalue weighted by Gasteiger charge is -2.10. The van der Waals surface area contributed by atoms with Gasteiger partial charge in [-0.2, -0.15) is 5.10 Å². The third kappa shape index (κ3) is 4.40. The molecule has 0 saturated heterocycles. The number of methoxy groups -OCH3 is 1. The van der Waals surface area contributed by atoms with Gasteiger partial charge < -0.3 is 19.9 Å². The normalized spacial score (nSPS) is 10.7. The molecule has 0 aliphatic carbocycles. The van der Waals surface area contributed by atoms with E-state index in [1.54, 1.807) is 25.1 Å². The summed E-state index contributed by atoms with van der Waals surface area (Å²) in [6, 6.07) is 5.07. The van der Waals surface area contributed by atoms with Crippen LogP contribution in [-0.4, -0.2) is 52.8 Å². The molecule has 0 aliphatic rings. The molecule has 0 spiro atoms. The number of aromatic nitrogens is 4. The zero-order valence-electron chi connectivity index (χ0n) is 12.7. The molecule has 0 bridgehead atoms. The van der Waals surface area contributed by atoms with Crippen molar-refractivity contribution in [3.8, 4) is 11.5 Å². The van der Waals surface area contributed by atoms with Gasteiger partial charge in [-0.05, 0) is 41.1 Å². The number of nitrogens with two attached hydrogens (primary N) is 1. The lowest BCUT2D eigenvalue weighted by molar-refractivity contribution is -0.145. The summed E-state index contributed by atoms with van der Waals surface area (Å²) in [5.74, 6) is 0.486. The van der Waals surface area contributed by atoms with Gasteiger partial charge in [0, 0.05) is 0 Å². The van der Waals surface area contributed by atoms with E-state index >= 15 is 0 Å². The molecule has 0 atom stereocenters. The van der Waals surface area contributed by atoms with Crippen LogP contribution in [0.3, 0.4) is 0 Å². The van der Waals surface area contributed by atoms with Crippen LogP contribution in [0.25, 0.3) is 0 Å². The van der Waals surface area contributed by atoms with E-state index in [-0.39, 0.29) is 12.6 Å². The van der Waals surface area contributed by atoms with Crippen molar-refractivity contribution in [2.45, 2.75) is 6.92 Å². The van der Waals surface area contributed by atoms with Crippen LogP contribution in [0.5, 0.6) is 11.5 Å². The van der Waals surface area contributed by atoms with Crippen molar-refractivity contribution in [1.29, 1.82) is 0 Å². The Labute approximate surface area is 131 Å². The average Bonchev–Trinajstić information content (AvgIpc) is 2.96. The SMILES string of the molecule is CCOC(=O)COc1ccc(C=Nn2nnnc2N)cc1OC. The van der Waals surface area contributed by atoms with E-state index < -0.39 is 5.97 Å². The first kappa shape index (κ1) is 16.2. The molecule has 0 aliphatic heterocycles. The summed E-state index contributed by atoms with van der Waals surface area (Å²) in [6.45, 7) is 1.83. The first-order chi connectivity index (χ1) is 11.1. The maximum Gasteiger partial charge on any atom is 0.344 e. The minimum atomic E-state index is -0.450. The largest absolute Gasteiger partial charge is 0.493 e. The second-order valence-electron chi connectivity index (χ2n) is 4.18. The Bertz CT molecular complexity index is 700. The number of esters is 1. The van der Waals surface area contributed by atoms with Crippen LogP contribution in [-0.2, 0) is 9.53 Å². The lowest BCUT2D eigenvalue weighted by atomic mass is 10.2. The average molecular weight is 320 g/mol. The third-order valence-corrected chi connectivity index (χ3v) is 2.63. The molecule has 10 nitrogen and oxygen atoms in total. The van der Waals surface area contributed by atoms with Gasteiger partial charge in [0.15, 0.2) is 18.1 Å². The van der Waals surface area contributed by atoms with Gasteiger partial charge in [-0.15, -0.1) is 0 Å². The summed E-state index contributed by atoms with van der Waals surface area (Å²) >= 11 is 0. The number of nitrogen functional groups attached to an aromatic ring is 1. The van der Waals surface area contributed by atoms with Crippen molar-refractivity contribution in [3.05, 3.63) is 23.8 Å². The third-order valence-electron chi connectivity index (χ3n) is 2.63. The Morgan fingerprint density at radius 1 is 1.43 bits per heavy atom. The zero-order chi connectivity index (χ0) is 16.7. The number of ether oxygens (including phenoxy) is 3. The predicted molar refractivity (Wildman–Crippen MR) is 80.3 cm³/mol. The van der Waals surface area contributed by atoms with Crippen molar-refractivity contribution in [1.82, 2.24) is 20.3 Å². The first-order valence-electron chi connectivity index (χ1n) is 6.68. The van der Waals surface area contributed by atoms with E-state index in [1.807, 2.05) is 0 Å². The van der Waals surface area contributed by atoms with E-state index in [4.69, 9.17) is 19.9 Å². The van der Waals surface area contributed by atoms with Gasteiger partial charge in [0.25, 0.3) is 5.95 Å². The molecule has 0 fully saturated rings. The highest BCUT2D eigenvalue weighted by atomic mass is 16.6. The maximum atomic E-state index is 11.3. The summed E-state index contributed by atoms with van der Waals surface area (Å²) in [5, 5.41) is 14.5. The Morgan fingerprint density at radius 3 is 2.91 bits per heavy atom. The number of hydrogen-bond donors (Lipinski definition) is 1. The smallest absolute Gasteiger partial charge is 0.344 e. The summed E-state index contributed by atoms with van der Waals surface area (Å²) in [4.78, 5) is 12.4. The minimum absolute atomic E-state index is 0.0719. The van der Waals surface area contributed by atoms with E-state index in [0.717, 1.165) is 4.79 Å². The van der Waals surface area contributed by atoms with Crippen molar-refractivity contribution >= 4 is 18.1 Å². The maximum absolute atomic E-state index is 11.3. The highest BCUT2D eigenvalue weighted by Gasteiger charge is 2.09. The van der Waals surface area contributed by atoms with Gasteiger partial charge in [-0.3, -0.25) is 0 Å². The fourth-order valence-corrected chi connectivity index (χ4v) is 1.62. The minimum Gasteiger partial charge on any atom is -0.493 e. The molecule has 122 valence electrons. The number of tetrazole rings is 1. The van der Waals surface area contributed by atoms with E-state index in [0.29, 0.717) is 23.7 Å². The topological polar surface area (TPSA) is 127 Å². The summed E-state index contributed by atoms with van der Waals surface area (Å²) < 4.78 is 15.4. The lowest BCUT2D eigenvalue weighted by Crippen LogP contribution is -2.14. The molecular formula is C13H16N6O4. The second-order valence-corrected chi connectivity index (χ2v) is 4.18. The van der Waals surface area contributed by atoms with E-state index in [9.17, 15) is 4.79 Å². The Balaban J connectivity index is 2.08. The molecule has 2 aromatic rings. The predicted octanol–water partition coefficient (Wildman–Crippen LogP) is 0.0880. The van der Waals surface area contributed by atoms with Crippen LogP contribution in [0.2, 0.25) is 0 Å². The molecule has 10 heteroatoms. The summed E-state index contributed by atoms with van der Waals surface area (Å²) in [7, 11) is 1.49. The molecule has 1 heterocycles. The first-order valence-corrected chi connectivity index (χ1v) is 6.68. The number of carbonyl (C=O) groups excluding carboxylic acids is 1. The van der Waals surface area contributed by atoms with Crippen LogP contribution in [0.4, 0.5) is 5.95 Å². The molecule has 1 aromatic carbocycles. The number of rotatable bonds is 7. The van der Waals surface area contributed by atoms with Gasteiger partial charge in [0.05, 0.1) is 19.9 Å². The Hall–Kier alpha value is -3.17. The van der Waals surface area contributed by atoms with Crippen LogP contribution < -0.4 is 15.2 Å². The van der Waals surface area contributed by atoms with Gasteiger partial charge in [-0.25, -0.2) is 4.79 Å². The van der Waals surface area contributed by atoms with Crippen molar-refractivity contribution in [2.24, 2.45) is 5.10 Å². The summed E-state index contributed by atoms with van der Waals surface area (Å²) in [5.41, 5.74) is 6.21. The summed E-state index contributed by atoms with van der Waals surface area (Å²) in [6.07, 6.45) is 1.50. The quantitative estimate of drug-likeness (QED) is 0.561. The Kier molecular flexibility index (Phi) is 5.45. The van der Waals surface area contributed by atoms with Gasteiger partial charge in [-0.1, -0.05) is 9.89 Å². The molecule has 23 heavy (non-hydrogen) atoms. The molecule has 1 aromatic heterocycles. The number of carbonyl (C=O) groups is 1. The van der Waals surface area contributed by atoms with Crippen LogP contribution in [0.15, 0.2) is 23.3 Å². The fourth-order valence-electron chi connectivity index (χ4n) is 1.62. The fraction of sp³-hybridized carbons (Fsp3) is 0.308. The molecule has 2 rings (SSSR count). The highest BCUT2D eigenvalue weighted by Crippen LogP contribution is 2.27. The number of benzene rings is 1. The van der Waals surface area contributed by atoms with Gasteiger partial charge in [0.2, 0.25) is 0 Å². The molecular weight excluding hydrogens is 304 g/mol. The van der Waals surface area contributed by atoms with E-state index in [2.05, 4.69) is 20.6 Å². The molecule has 0 saturated carbocycles. The van der Waals surface area contributed by atoms with Crippen molar-refractivity contribution < 1.29 is 19.0 Å². The molecule has 0 unspecified atom stereocenters. The van der Waals surface area contributed by atoms with Crippen LogP contribution >= 0.6 is 0 Å². The second kappa shape index (κ2) is 7.73. The molecule has 0 radical (unpaired) electrons. The van der Waals surface area contributed by atoms with Crippen LogP contribution in [0.1, 0.15) is 12.5 Å². The van der Waals surface area contributed by atoms with Crippen molar-refractivity contribution in [3.63, 3.8) is 0 Å². The Morgan fingerprint density at radius 2 is 2.26 bits per heavy atom. The number of anilines is 1. The zero-order valence-corrected chi connectivity index (χ0v) is 12.7. The monoisotopic (exact) mass is 320 g/mol. The highest BCUT2D eigenvalue weighted by molar-refractivity contribution is 5.81.